The van der Waals surface area contributed by atoms with Crippen LogP contribution in [0.2, 0.25) is 0 Å². The number of nitrogens with one attached hydrogen (secondary N) is 1. The Kier molecular flexibility index (Phi) is 3.55. The van der Waals surface area contributed by atoms with E-state index in [1.807, 2.05) is 0 Å². The number of carbonyl (C=O) groups excluding carboxylic acids is 2. The van der Waals surface area contributed by atoms with E-state index >= 15 is 0 Å². The minimum Gasteiger partial charge on any atom is -0.465 e. The van der Waals surface area contributed by atoms with Crippen LogP contribution in [0.5, 0.6) is 0 Å². The van der Waals surface area contributed by atoms with Crippen LogP contribution >= 0.6 is 0 Å². The van der Waals surface area contributed by atoms with E-state index in [0.717, 1.165) is 19.5 Å². The number of amides is 2. The third-order valence-corrected chi connectivity index (χ3v) is 2.93. The Bertz CT molecular complexity index is 463. The molecule has 98 valence electrons. The van der Waals surface area contributed by atoms with Crippen LogP contribution in [0.25, 0.3) is 0 Å². The molecular weight excluding hydrogens is 236 g/mol. The summed E-state index contributed by atoms with van der Waals surface area (Å²) in [6, 6.07) is 1.49. The number of hydrogen-bond acceptors (Lipinski definition) is 4. The van der Waals surface area contributed by atoms with E-state index in [4.69, 9.17) is 4.42 Å². The van der Waals surface area contributed by atoms with E-state index in [9.17, 15) is 9.59 Å². The Hall–Kier alpha value is -1.98. The summed E-state index contributed by atoms with van der Waals surface area (Å²) in [4.78, 5) is 24.7. The van der Waals surface area contributed by atoms with Crippen LogP contribution in [0.4, 0.5) is 4.79 Å². The molecule has 1 aromatic rings. The molecule has 6 nitrogen and oxygen atoms in total. The summed E-state index contributed by atoms with van der Waals surface area (Å²) >= 11 is 0. The lowest BCUT2D eigenvalue weighted by Crippen LogP contribution is -2.47. The molecule has 1 aliphatic rings. The third-order valence-electron chi connectivity index (χ3n) is 2.93. The molecule has 0 radical (unpaired) electrons. The molecule has 2 heterocycles. The second-order valence-electron chi connectivity index (χ2n) is 4.17. The van der Waals surface area contributed by atoms with Crippen molar-refractivity contribution in [3.05, 3.63) is 23.2 Å². The molecule has 1 N–H and O–H groups in total. The van der Waals surface area contributed by atoms with Crippen molar-refractivity contribution in [2.24, 2.45) is 0 Å². The highest BCUT2D eigenvalue weighted by molar-refractivity contribution is 5.90. The zero-order valence-electron chi connectivity index (χ0n) is 10.5. The van der Waals surface area contributed by atoms with Crippen molar-refractivity contribution in [1.82, 2.24) is 10.2 Å². The molecule has 1 fully saturated rings. The molecule has 2 amide bonds. The number of furan rings is 1. The zero-order valence-corrected chi connectivity index (χ0v) is 10.5. The van der Waals surface area contributed by atoms with E-state index in [1.165, 1.54) is 7.11 Å². The first-order chi connectivity index (χ1) is 8.61. The number of likely N-dealkylation sites (tertiary alicyclic amines) is 1. The van der Waals surface area contributed by atoms with Crippen molar-refractivity contribution in [2.75, 3.05) is 20.2 Å². The van der Waals surface area contributed by atoms with Crippen molar-refractivity contribution < 1.29 is 18.7 Å². The van der Waals surface area contributed by atoms with Gasteiger partial charge in [0.15, 0.2) is 0 Å². The van der Waals surface area contributed by atoms with Crippen LogP contribution in [-0.2, 0) is 11.3 Å². The summed E-state index contributed by atoms with van der Waals surface area (Å²) in [7, 11) is 1.32. The highest BCUT2D eigenvalue weighted by atomic mass is 16.5. The van der Waals surface area contributed by atoms with Crippen LogP contribution in [-0.4, -0.2) is 37.1 Å². The molecular formula is C12H16N2O4. The fourth-order valence-corrected chi connectivity index (χ4v) is 1.74. The number of aryl methyl sites for hydroxylation is 1. The number of hydrogen-bond donors (Lipinski definition) is 1. The van der Waals surface area contributed by atoms with Gasteiger partial charge < -0.3 is 19.4 Å². The first-order valence-electron chi connectivity index (χ1n) is 5.82. The first-order valence-corrected chi connectivity index (χ1v) is 5.82. The SMILES string of the molecule is COC(=O)c1cc(CNC(=O)N2CCC2)oc1C. The average Bonchev–Trinajstić information content (AvgIpc) is 2.64. The summed E-state index contributed by atoms with van der Waals surface area (Å²) in [5, 5.41) is 2.74. The monoisotopic (exact) mass is 252 g/mol. The van der Waals surface area contributed by atoms with Gasteiger partial charge in [-0.15, -0.1) is 0 Å². The molecule has 18 heavy (non-hydrogen) atoms. The van der Waals surface area contributed by atoms with Crippen LogP contribution in [0.1, 0.15) is 28.3 Å². The van der Waals surface area contributed by atoms with E-state index in [2.05, 4.69) is 10.1 Å². The summed E-state index contributed by atoms with van der Waals surface area (Å²) in [6.45, 7) is 3.56. The number of esters is 1. The summed E-state index contributed by atoms with van der Waals surface area (Å²) in [5.74, 6) is 0.605. The average molecular weight is 252 g/mol. The van der Waals surface area contributed by atoms with Gasteiger partial charge in [0, 0.05) is 13.1 Å². The summed E-state index contributed by atoms with van der Waals surface area (Å²) in [6.07, 6.45) is 1.06. The van der Waals surface area contributed by atoms with Crippen molar-refractivity contribution in [2.45, 2.75) is 19.9 Å². The molecule has 0 spiro atoms. The third kappa shape index (κ3) is 2.47. The minimum atomic E-state index is -0.434. The maximum absolute atomic E-state index is 11.6. The number of urea groups is 1. The highest BCUT2D eigenvalue weighted by Gasteiger charge is 2.20. The van der Waals surface area contributed by atoms with Crippen molar-refractivity contribution in [3.8, 4) is 0 Å². The highest BCUT2D eigenvalue weighted by Crippen LogP contribution is 2.15. The molecule has 1 saturated heterocycles. The molecule has 0 bridgehead atoms. The Labute approximate surface area is 105 Å². The lowest BCUT2D eigenvalue weighted by Gasteiger charge is -2.30. The minimum absolute atomic E-state index is 0.102. The zero-order chi connectivity index (χ0) is 13.1. The number of carbonyl (C=O) groups is 2. The molecule has 0 unspecified atom stereocenters. The van der Waals surface area contributed by atoms with E-state index in [1.54, 1.807) is 17.9 Å². The fraction of sp³-hybridized carbons (Fsp3) is 0.500. The number of nitrogens with zero attached hydrogens (tertiary/aromatic N) is 1. The van der Waals surface area contributed by atoms with Gasteiger partial charge in [0.25, 0.3) is 0 Å². The largest absolute Gasteiger partial charge is 0.465 e. The lowest BCUT2D eigenvalue weighted by atomic mass is 10.2. The molecule has 1 aromatic heterocycles. The fourth-order valence-electron chi connectivity index (χ4n) is 1.74. The number of rotatable bonds is 3. The van der Waals surface area contributed by atoms with Gasteiger partial charge in [-0.2, -0.15) is 0 Å². The van der Waals surface area contributed by atoms with Gasteiger partial charge in [0.05, 0.1) is 13.7 Å². The van der Waals surface area contributed by atoms with E-state index in [-0.39, 0.29) is 12.6 Å². The lowest BCUT2D eigenvalue weighted by molar-refractivity contribution is 0.0598. The quantitative estimate of drug-likeness (QED) is 0.823. The van der Waals surface area contributed by atoms with Crippen LogP contribution in [0.3, 0.4) is 0 Å². The molecule has 2 rings (SSSR count). The number of methoxy groups -OCH3 is 1. The Morgan fingerprint density at radius 2 is 2.22 bits per heavy atom. The van der Waals surface area contributed by atoms with Gasteiger partial charge in [-0.1, -0.05) is 0 Å². The standard InChI is InChI=1S/C12H16N2O4/c1-8-10(11(15)17-2)6-9(18-8)7-13-12(16)14-4-3-5-14/h6H,3-5,7H2,1-2H3,(H,13,16). The second kappa shape index (κ2) is 5.12. The maximum Gasteiger partial charge on any atom is 0.341 e. The predicted octanol–water partition coefficient (Wildman–Crippen LogP) is 1.29. The molecule has 0 saturated carbocycles. The molecule has 0 aliphatic carbocycles. The topological polar surface area (TPSA) is 71.8 Å². The van der Waals surface area contributed by atoms with Crippen molar-refractivity contribution in [3.63, 3.8) is 0 Å². The summed E-state index contributed by atoms with van der Waals surface area (Å²) in [5.41, 5.74) is 0.394. The molecule has 6 heteroatoms. The van der Waals surface area contributed by atoms with Crippen LogP contribution < -0.4 is 5.32 Å². The Balaban J connectivity index is 1.93. The van der Waals surface area contributed by atoms with Gasteiger partial charge in [-0.25, -0.2) is 9.59 Å². The maximum atomic E-state index is 11.6. The van der Waals surface area contributed by atoms with Gasteiger partial charge in [-0.3, -0.25) is 0 Å². The van der Waals surface area contributed by atoms with Crippen molar-refractivity contribution >= 4 is 12.0 Å². The normalized spacial score (nSPS) is 14.0. The Morgan fingerprint density at radius 3 is 2.78 bits per heavy atom. The van der Waals surface area contributed by atoms with Crippen LogP contribution in [0, 0.1) is 6.92 Å². The van der Waals surface area contributed by atoms with Crippen molar-refractivity contribution in [1.29, 1.82) is 0 Å². The molecule has 0 atom stereocenters. The smallest absolute Gasteiger partial charge is 0.341 e. The first kappa shape index (κ1) is 12.5. The Morgan fingerprint density at radius 1 is 1.50 bits per heavy atom. The van der Waals surface area contributed by atoms with Crippen LogP contribution in [0.15, 0.2) is 10.5 Å². The van der Waals surface area contributed by atoms with E-state index in [0.29, 0.717) is 17.1 Å². The van der Waals surface area contributed by atoms with Gasteiger partial charge in [0.2, 0.25) is 0 Å². The van der Waals surface area contributed by atoms with E-state index < -0.39 is 5.97 Å². The van der Waals surface area contributed by atoms with Gasteiger partial charge in [-0.05, 0) is 19.4 Å². The van der Waals surface area contributed by atoms with Gasteiger partial charge in [0.1, 0.15) is 17.1 Å². The second-order valence-corrected chi connectivity index (χ2v) is 4.17. The number of ether oxygens (including phenoxy) is 1. The van der Waals surface area contributed by atoms with Gasteiger partial charge >= 0.3 is 12.0 Å². The molecule has 0 aromatic carbocycles. The molecule has 1 aliphatic heterocycles. The predicted molar refractivity (Wildman–Crippen MR) is 63.2 cm³/mol. The summed E-state index contributed by atoms with van der Waals surface area (Å²) < 4.78 is 10.0.